The maximum absolute atomic E-state index is 12.0. The van der Waals surface area contributed by atoms with E-state index in [2.05, 4.69) is 33.2 Å². The van der Waals surface area contributed by atoms with Crippen molar-refractivity contribution in [1.29, 1.82) is 0 Å². The van der Waals surface area contributed by atoms with Crippen LogP contribution in [0, 0.1) is 5.92 Å². The van der Waals surface area contributed by atoms with Crippen LogP contribution < -0.4 is 16.6 Å². The number of amides is 1. The number of nitrogens with zero attached hydrogens (tertiary/aromatic N) is 1. The summed E-state index contributed by atoms with van der Waals surface area (Å²) in [6.45, 7) is 2.10. The third-order valence-corrected chi connectivity index (χ3v) is 4.15. The van der Waals surface area contributed by atoms with Crippen LogP contribution in [0.3, 0.4) is 0 Å². The lowest BCUT2D eigenvalue weighted by atomic mass is 9.87. The van der Waals surface area contributed by atoms with E-state index in [1.165, 1.54) is 17.2 Å². The van der Waals surface area contributed by atoms with E-state index in [0.29, 0.717) is 5.92 Å². The zero-order valence-corrected chi connectivity index (χ0v) is 12.9. The lowest BCUT2D eigenvalue weighted by Gasteiger charge is -2.27. The molecule has 0 unspecified atom stereocenters. The highest BCUT2D eigenvalue weighted by atomic mass is 79.9. The summed E-state index contributed by atoms with van der Waals surface area (Å²) < 4.78 is 1.42. The molecule has 2 atom stereocenters. The van der Waals surface area contributed by atoms with Gasteiger partial charge in [0.15, 0.2) is 0 Å². The first-order valence-corrected chi connectivity index (χ1v) is 7.53. The molecule has 0 spiro atoms. The number of aromatic nitrogens is 2. The molecule has 1 aliphatic rings. The lowest BCUT2D eigenvalue weighted by molar-refractivity contribution is -0.122. The van der Waals surface area contributed by atoms with Crippen molar-refractivity contribution in [1.82, 2.24) is 14.9 Å². The first-order valence-electron chi connectivity index (χ1n) is 6.74. The highest BCUT2D eigenvalue weighted by molar-refractivity contribution is 9.10. The summed E-state index contributed by atoms with van der Waals surface area (Å²) in [6.07, 6.45) is 5.63. The average Bonchev–Trinajstić information content (AvgIpc) is 2.36. The molecule has 1 amide bonds. The molecule has 1 fully saturated rings. The molecule has 6 nitrogen and oxygen atoms in total. The fourth-order valence-corrected chi connectivity index (χ4v) is 2.94. The minimum Gasteiger partial charge on any atom is -0.352 e. The van der Waals surface area contributed by atoms with Crippen LogP contribution in [0.5, 0.6) is 0 Å². The fourth-order valence-electron chi connectivity index (χ4n) is 2.59. The van der Waals surface area contributed by atoms with Crippen molar-refractivity contribution in [3.63, 3.8) is 0 Å². The molecule has 2 N–H and O–H groups in total. The summed E-state index contributed by atoms with van der Waals surface area (Å²) in [6, 6.07) is 0.188. The number of carbonyl (C=O) groups excluding carboxylic acids is 1. The van der Waals surface area contributed by atoms with Gasteiger partial charge in [-0.05, 0) is 34.7 Å². The number of H-pyrrole nitrogens is 1. The Hall–Kier alpha value is -1.37. The first kappa shape index (κ1) is 15.0. The van der Waals surface area contributed by atoms with E-state index in [1.807, 2.05) is 0 Å². The molecule has 0 bridgehead atoms. The normalized spacial score (nSPS) is 22.5. The van der Waals surface area contributed by atoms with Crippen molar-refractivity contribution >= 4 is 21.8 Å². The van der Waals surface area contributed by atoms with Crippen LogP contribution >= 0.6 is 15.9 Å². The third kappa shape index (κ3) is 3.82. The standard InChI is InChI=1S/C13H18BrN3O3/c1-8-3-2-4-9(5-8)15-11(18)7-17-6-10(14)12(19)16-13(17)20/h6,8-9H,2-5,7H2,1H3,(H,15,18)(H,16,19,20)/t8-,9+/m1/s1. The van der Waals surface area contributed by atoms with Crippen molar-refractivity contribution in [3.05, 3.63) is 31.5 Å². The maximum atomic E-state index is 12.0. The molecule has 0 radical (unpaired) electrons. The first-order chi connectivity index (χ1) is 9.45. The van der Waals surface area contributed by atoms with Crippen LogP contribution in [0.15, 0.2) is 20.3 Å². The van der Waals surface area contributed by atoms with Crippen LogP contribution in [-0.2, 0) is 11.3 Å². The van der Waals surface area contributed by atoms with Crippen LogP contribution in [0.2, 0.25) is 0 Å². The van der Waals surface area contributed by atoms with E-state index in [-0.39, 0.29) is 23.0 Å². The topological polar surface area (TPSA) is 84.0 Å². The van der Waals surface area contributed by atoms with E-state index in [0.717, 1.165) is 19.3 Å². The molecule has 1 heterocycles. The molecule has 20 heavy (non-hydrogen) atoms. The minimum atomic E-state index is -0.578. The van der Waals surface area contributed by atoms with E-state index >= 15 is 0 Å². The summed E-state index contributed by atoms with van der Waals surface area (Å²) in [4.78, 5) is 36.9. The Morgan fingerprint density at radius 3 is 2.95 bits per heavy atom. The second-order valence-corrected chi connectivity index (χ2v) is 6.25. The second kappa shape index (κ2) is 6.39. The van der Waals surface area contributed by atoms with Gasteiger partial charge in [-0.1, -0.05) is 19.8 Å². The molecule has 1 aromatic rings. The molecular weight excluding hydrogens is 326 g/mol. The summed E-state index contributed by atoms with van der Waals surface area (Å²) in [7, 11) is 0. The number of halogens is 1. The van der Waals surface area contributed by atoms with Gasteiger partial charge in [0.2, 0.25) is 5.91 Å². The van der Waals surface area contributed by atoms with E-state index in [9.17, 15) is 14.4 Å². The van der Waals surface area contributed by atoms with Gasteiger partial charge in [0.1, 0.15) is 6.54 Å². The number of hydrogen-bond acceptors (Lipinski definition) is 3. The molecule has 7 heteroatoms. The molecule has 1 saturated carbocycles. The molecule has 1 aromatic heterocycles. The molecule has 1 aliphatic carbocycles. The summed E-state index contributed by atoms with van der Waals surface area (Å²) in [5.74, 6) is 0.421. The predicted molar refractivity (Wildman–Crippen MR) is 78.6 cm³/mol. The zero-order chi connectivity index (χ0) is 14.7. The smallest absolute Gasteiger partial charge is 0.328 e. The van der Waals surface area contributed by atoms with Crippen LogP contribution in [0.25, 0.3) is 0 Å². The fraction of sp³-hybridized carbons (Fsp3) is 0.615. The van der Waals surface area contributed by atoms with Crippen molar-refractivity contribution in [3.8, 4) is 0 Å². The van der Waals surface area contributed by atoms with Crippen LogP contribution in [0.1, 0.15) is 32.6 Å². The molecule has 0 saturated heterocycles. The van der Waals surface area contributed by atoms with Crippen molar-refractivity contribution in [2.75, 3.05) is 0 Å². The Balaban J connectivity index is 1.99. The van der Waals surface area contributed by atoms with Gasteiger partial charge in [-0.2, -0.15) is 0 Å². The van der Waals surface area contributed by atoms with E-state index in [4.69, 9.17) is 0 Å². The maximum Gasteiger partial charge on any atom is 0.328 e. The van der Waals surface area contributed by atoms with Gasteiger partial charge in [0.05, 0.1) is 4.47 Å². The average molecular weight is 344 g/mol. The Bertz CT molecular complexity index is 608. The molecule has 0 aromatic carbocycles. The van der Waals surface area contributed by atoms with Gasteiger partial charge in [-0.15, -0.1) is 0 Å². The Morgan fingerprint density at radius 1 is 1.50 bits per heavy atom. The number of rotatable bonds is 3. The summed E-state index contributed by atoms with van der Waals surface area (Å²) in [5, 5.41) is 2.95. The van der Waals surface area contributed by atoms with Crippen LogP contribution in [0.4, 0.5) is 0 Å². The largest absolute Gasteiger partial charge is 0.352 e. The predicted octanol–water partition coefficient (Wildman–Crippen LogP) is 0.994. The van der Waals surface area contributed by atoms with Gasteiger partial charge in [0.25, 0.3) is 5.56 Å². The third-order valence-electron chi connectivity index (χ3n) is 3.58. The van der Waals surface area contributed by atoms with Crippen molar-refractivity contribution < 1.29 is 4.79 Å². The molecule has 2 rings (SSSR count). The van der Waals surface area contributed by atoms with Gasteiger partial charge >= 0.3 is 5.69 Å². The second-order valence-electron chi connectivity index (χ2n) is 5.40. The Labute approximate surface area is 124 Å². The highest BCUT2D eigenvalue weighted by Gasteiger charge is 2.20. The van der Waals surface area contributed by atoms with Gasteiger partial charge in [-0.25, -0.2) is 4.79 Å². The molecule has 110 valence electrons. The van der Waals surface area contributed by atoms with Gasteiger partial charge in [-0.3, -0.25) is 19.1 Å². The summed E-state index contributed by atoms with van der Waals surface area (Å²) in [5.41, 5.74) is -1.07. The number of carbonyl (C=O) groups is 1. The quantitative estimate of drug-likeness (QED) is 0.858. The molecule has 0 aliphatic heterocycles. The number of nitrogens with one attached hydrogen (secondary N) is 2. The van der Waals surface area contributed by atoms with Crippen molar-refractivity contribution in [2.45, 2.75) is 45.2 Å². The minimum absolute atomic E-state index is 0.0842. The van der Waals surface area contributed by atoms with Crippen molar-refractivity contribution in [2.24, 2.45) is 5.92 Å². The lowest BCUT2D eigenvalue weighted by Crippen LogP contribution is -2.42. The monoisotopic (exact) mass is 343 g/mol. The molecular formula is C13H18BrN3O3. The Kier molecular flexibility index (Phi) is 4.80. The Morgan fingerprint density at radius 2 is 2.25 bits per heavy atom. The van der Waals surface area contributed by atoms with E-state index < -0.39 is 11.2 Å². The summed E-state index contributed by atoms with van der Waals surface area (Å²) >= 11 is 3.04. The van der Waals surface area contributed by atoms with E-state index in [1.54, 1.807) is 0 Å². The SMILES string of the molecule is C[C@@H]1CCC[C@H](NC(=O)Cn2cc(Br)c(=O)[nH]c2=O)C1. The van der Waals surface area contributed by atoms with Gasteiger partial charge in [0, 0.05) is 12.2 Å². The van der Waals surface area contributed by atoms with Crippen LogP contribution in [-0.4, -0.2) is 21.5 Å². The number of hydrogen-bond donors (Lipinski definition) is 2. The zero-order valence-electron chi connectivity index (χ0n) is 11.3. The van der Waals surface area contributed by atoms with Gasteiger partial charge < -0.3 is 5.32 Å². The number of aromatic amines is 1. The highest BCUT2D eigenvalue weighted by Crippen LogP contribution is 2.23.